The van der Waals surface area contributed by atoms with Crippen molar-refractivity contribution >= 4 is 9.84 Å². The van der Waals surface area contributed by atoms with Gasteiger partial charge in [0, 0.05) is 23.6 Å². The van der Waals surface area contributed by atoms with E-state index in [1.54, 1.807) is 13.0 Å². The molecule has 4 nitrogen and oxygen atoms in total. The van der Waals surface area contributed by atoms with Crippen molar-refractivity contribution in [3.8, 4) is 0 Å². The van der Waals surface area contributed by atoms with E-state index in [2.05, 4.69) is 0 Å². The van der Waals surface area contributed by atoms with Crippen molar-refractivity contribution in [1.29, 1.82) is 0 Å². The molecule has 0 unspecified atom stereocenters. The van der Waals surface area contributed by atoms with Crippen LogP contribution < -0.4 is 5.73 Å². The summed E-state index contributed by atoms with van der Waals surface area (Å²) < 4.78 is 37.5. The van der Waals surface area contributed by atoms with E-state index in [-0.39, 0.29) is 18.9 Å². The highest BCUT2D eigenvalue weighted by molar-refractivity contribution is 7.92. The second-order valence-corrected chi connectivity index (χ2v) is 7.41. The molecule has 19 heavy (non-hydrogen) atoms. The normalized spacial score (nSPS) is 30.3. The third-order valence-electron chi connectivity index (χ3n) is 4.05. The van der Waals surface area contributed by atoms with E-state index in [1.807, 2.05) is 0 Å². The predicted molar refractivity (Wildman–Crippen MR) is 71.0 cm³/mol. The van der Waals surface area contributed by atoms with Gasteiger partial charge in [0.2, 0.25) is 0 Å². The molecule has 6 heteroatoms. The van der Waals surface area contributed by atoms with Crippen molar-refractivity contribution in [3.05, 3.63) is 35.6 Å². The summed E-state index contributed by atoms with van der Waals surface area (Å²) in [6, 6.07) is 5.84. The van der Waals surface area contributed by atoms with Crippen molar-refractivity contribution < 1.29 is 17.9 Å². The molecule has 0 radical (unpaired) electrons. The van der Waals surface area contributed by atoms with E-state index >= 15 is 0 Å². The molecule has 106 valence electrons. The Morgan fingerprint density at radius 2 is 2.16 bits per heavy atom. The van der Waals surface area contributed by atoms with Crippen LogP contribution in [0.15, 0.2) is 24.3 Å². The van der Waals surface area contributed by atoms with E-state index in [0.29, 0.717) is 5.56 Å². The fourth-order valence-electron chi connectivity index (χ4n) is 2.90. The first-order valence-electron chi connectivity index (χ1n) is 6.21. The molecule has 3 atom stereocenters. The predicted octanol–water partition coefficient (Wildman–Crippen LogP) is 0.664. The van der Waals surface area contributed by atoms with Crippen LogP contribution in [-0.2, 0) is 9.84 Å². The summed E-state index contributed by atoms with van der Waals surface area (Å²) in [7, 11) is -3.33. The van der Waals surface area contributed by atoms with Gasteiger partial charge >= 0.3 is 0 Å². The molecule has 1 aliphatic carbocycles. The van der Waals surface area contributed by atoms with Crippen LogP contribution in [0.5, 0.6) is 0 Å². The molecule has 0 heterocycles. The molecule has 1 aliphatic rings. The molecule has 1 aromatic carbocycles. The summed E-state index contributed by atoms with van der Waals surface area (Å²) in [6.45, 7) is 1.32. The Bertz CT molecular complexity index is 569. The second-order valence-electron chi connectivity index (χ2n) is 5.00. The molecule has 2 rings (SSSR count). The van der Waals surface area contributed by atoms with Crippen LogP contribution in [0, 0.1) is 11.2 Å². The van der Waals surface area contributed by atoms with Crippen molar-refractivity contribution in [2.75, 3.05) is 18.9 Å². The zero-order valence-corrected chi connectivity index (χ0v) is 11.5. The summed E-state index contributed by atoms with van der Waals surface area (Å²) in [6.07, 6.45) is 0. The van der Waals surface area contributed by atoms with Crippen LogP contribution in [0.2, 0.25) is 0 Å². The summed E-state index contributed by atoms with van der Waals surface area (Å²) >= 11 is 0. The van der Waals surface area contributed by atoms with E-state index < -0.39 is 32.2 Å². The average molecular weight is 287 g/mol. The Balaban J connectivity index is 2.45. The number of hydrogen-bond acceptors (Lipinski definition) is 4. The van der Waals surface area contributed by atoms with Gasteiger partial charge in [-0.3, -0.25) is 0 Å². The summed E-state index contributed by atoms with van der Waals surface area (Å²) in [5, 5.41) is 8.83. The minimum absolute atomic E-state index is 0.00870. The first-order chi connectivity index (χ1) is 8.93. The Kier molecular flexibility index (Phi) is 3.68. The van der Waals surface area contributed by atoms with Gasteiger partial charge in [-0.05, 0) is 17.7 Å². The van der Waals surface area contributed by atoms with E-state index in [0.717, 1.165) is 0 Å². The maximum atomic E-state index is 13.3. The summed E-state index contributed by atoms with van der Waals surface area (Å²) in [4.78, 5) is 0. The minimum atomic E-state index is -3.33. The average Bonchev–Trinajstić information content (AvgIpc) is 3.09. The van der Waals surface area contributed by atoms with Gasteiger partial charge in [0.05, 0.1) is 11.9 Å². The highest BCUT2D eigenvalue weighted by atomic mass is 32.2. The minimum Gasteiger partial charge on any atom is -0.396 e. The maximum Gasteiger partial charge on any atom is 0.154 e. The largest absolute Gasteiger partial charge is 0.396 e. The summed E-state index contributed by atoms with van der Waals surface area (Å²) in [5.74, 6) is -0.852. The smallest absolute Gasteiger partial charge is 0.154 e. The maximum absolute atomic E-state index is 13.3. The topological polar surface area (TPSA) is 80.4 Å². The highest BCUT2D eigenvalue weighted by Gasteiger charge is 2.69. The Hall–Kier alpha value is -0.980. The van der Waals surface area contributed by atoms with Crippen LogP contribution in [-0.4, -0.2) is 37.7 Å². The number of aliphatic hydroxyl groups is 1. The molecule has 0 aliphatic heterocycles. The SMILES string of the molecule is CCS(=O)(=O)[C@@H]1[C@H](c2cccc(F)c2)[C@@]1(CN)CO. The molecule has 0 amide bonds. The number of rotatable bonds is 5. The zero-order valence-electron chi connectivity index (χ0n) is 10.7. The van der Waals surface area contributed by atoms with Gasteiger partial charge in [0.25, 0.3) is 0 Å². The lowest BCUT2D eigenvalue weighted by Gasteiger charge is -2.11. The molecular formula is C13H18FNO3S. The molecule has 0 spiro atoms. The first kappa shape index (κ1) is 14.4. The van der Waals surface area contributed by atoms with Crippen molar-refractivity contribution in [1.82, 2.24) is 0 Å². The van der Waals surface area contributed by atoms with E-state index in [1.165, 1.54) is 18.2 Å². The monoisotopic (exact) mass is 287 g/mol. The lowest BCUT2D eigenvalue weighted by molar-refractivity contribution is 0.212. The van der Waals surface area contributed by atoms with Gasteiger partial charge in [-0.25, -0.2) is 12.8 Å². The van der Waals surface area contributed by atoms with Crippen LogP contribution in [0.1, 0.15) is 18.4 Å². The van der Waals surface area contributed by atoms with E-state index in [9.17, 15) is 17.9 Å². The van der Waals surface area contributed by atoms with Gasteiger partial charge in [0.15, 0.2) is 9.84 Å². The zero-order chi connectivity index (χ0) is 14.3. The standard InChI is InChI=1S/C13H18FNO3S/c1-2-19(17,18)12-11(13(12,7-15)8-16)9-4-3-5-10(14)6-9/h3-6,11-12,16H,2,7-8,15H2,1H3/t11-,12+,13+/m0/s1. The van der Waals surface area contributed by atoms with Crippen LogP contribution in [0.25, 0.3) is 0 Å². The van der Waals surface area contributed by atoms with Crippen molar-refractivity contribution in [2.24, 2.45) is 11.1 Å². The third kappa shape index (κ3) is 2.17. The number of aliphatic hydroxyl groups excluding tert-OH is 1. The summed E-state index contributed by atoms with van der Waals surface area (Å²) in [5.41, 5.74) is 5.38. The third-order valence-corrected chi connectivity index (χ3v) is 6.37. The lowest BCUT2D eigenvalue weighted by atomic mass is 10.00. The number of benzene rings is 1. The quantitative estimate of drug-likeness (QED) is 0.834. The molecular weight excluding hydrogens is 269 g/mol. The van der Waals surface area contributed by atoms with Gasteiger partial charge < -0.3 is 10.8 Å². The Morgan fingerprint density at radius 1 is 1.47 bits per heavy atom. The Morgan fingerprint density at radius 3 is 2.63 bits per heavy atom. The van der Waals surface area contributed by atoms with Crippen LogP contribution in [0.4, 0.5) is 4.39 Å². The van der Waals surface area contributed by atoms with Crippen molar-refractivity contribution in [2.45, 2.75) is 18.1 Å². The fraction of sp³-hybridized carbons (Fsp3) is 0.538. The Labute approximate surface area is 112 Å². The highest BCUT2D eigenvalue weighted by Crippen LogP contribution is 2.62. The molecule has 3 N–H and O–H groups in total. The van der Waals surface area contributed by atoms with Crippen LogP contribution >= 0.6 is 0 Å². The van der Waals surface area contributed by atoms with E-state index in [4.69, 9.17) is 5.73 Å². The molecule has 1 aromatic rings. The number of nitrogens with two attached hydrogens (primary N) is 1. The second kappa shape index (κ2) is 4.85. The van der Waals surface area contributed by atoms with Gasteiger partial charge in [-0.1, -0.05) is 19.1 Å². The fourth-order valence-corrected chi connectivity index (χ4v) is 5.06. The molecule has 0 aromatic heterocycles. The van der Waals surface area contributed by atoms with Gasteiger partial charge in [0.1, 0.15) is 5.82 Å². The number of halogens is 1. The van der Waals surface area contributed by atoms with Gasteiger partial charge in [-0.15, -0.1) is 0 Å². The molecule has 1 saturated carbocycles. The molecule has 1 fully saturated rings. The number of hydrogen-bond donors (Lipinski definition) is 2. The number of sulfone groups is 1. The first-order valence-corrected chi connectivity index (χ1v) is 7.92. The molecule has 0 saturated heterocycles. The van der Waals surface area contributed by atoms with Crippen LogP contribution in [0.3, 0.4) is 0 Å². The van der Waals surface area contributed by atoms with Crippen molar-refractivity contribution in [3.63, 3.8) is 0 Å². The van der Waals surface area contributed by atoms with Gasteiger partial charge in [-0.2, -0.15) is 0 Å². The molecule has 0 bridgehead atoms. The lowest BCUT2D eigenvalue weighted by Crippen LogP contribution is -2.28.